The van der Waals surface area contributed by atoms with Gasteiger partial charge >= 0.3 is 0 Å². The fourth-order valence-electron chi connectivity index (χ4n) is 1.60. The lowest BCUT2D eigenvalue weighted by molar-refractivity contribution is -0.0410. The number of benzene rings is 1. The van der Waals surface area contributed by atoms with Crippen molar-refractivity contribution in [2.24, 2.45) is 0 Å². The highest BCUT2D eigenvalue weighted by atomic mass is 19.1. The molecule has 0 saturated heterocycles. The molecule has 15 heavy (non-hydrogen) atoms. The van der Waals surface area contributed by atoms with Crippen LogP contribution in [0.25, 0.3) is 0 Å². The molecule has 1 rings (SSSR count). The molecule has 0 amide bonds. The van der Waals surface area contributed by atoms with Gasteiger partial charge in [0.2, 0.25) is 0 Å². The van der Waals surface area contributed by atoms with Crippen LogP contribution in [-0.2, 0) is 10.3 Å². The first-order valence-electron chi connectivity index (χ1n) is 5.01. The Balaban J connectivity index is 3.16. The Kier molecular flexibility index (Phi) is 3.83. The molecule has 3 heteroatoms. The summed E-state index contributed by atoms with van der Waals surface area (Å²) < 4.78 is 18.5. The van der Waals surface area contributed by atoms with Gasteiger partial charge in [0.05, 0.1) is 6.61 Å². The van der Waals surface area contributed by atoms with Crippen molar-refractivity contribution in [3.63, 3.8) is 0 Å². The predicted octanol–water partition coefficient (Wildman–Crippen LogP) is 2.38. The quantitative estimate of drug-likeness (QED) is 0.830. The minimum atomic E-state index is -1.23. The summed E-state index contributed by atoms with van der Waals surface area (Å²) in [5.74, 6) is -0.387. The van der Waals surface area contributed by atoms with E-state index in [-0.39, 0.29) is 12.4 Å². The Bertz CT molecular complexity index is 338. The number of aryl methyl sites for hydroxylation is 1. The van der Waals surface area contributed by atoms with Gasteiger partial charge in [0.25, 0.3) is 0 Å². The maximum Gasteiger partial charge on any atom is 0.129 e. The second-order valence-corrected chi connectivity index (χ2v) is 3.80. The van der Waals surface area contributed by atoms with Crippen LogP contribution in [0.3, 0.4) is 0 Å². The Morgan fingerprint density at radius 2 is 2.13 bits per heavy atom. The molecule has 1 aromatic rings. The SMILES string of the molecule is CCC(O)(COC)c1cc(C)ccc1F. The fourth-order valence-corrected chi connectivity index (χ4v) is 1.60. The van der Waals surface area contributed by atoms with Crippen LogP contribution < -0.4 is 0 Å². The number of halogens is 1. The second kappa shape index (κ2) is 4.73. The number of ether oxygens (including phenoxy) is 1. The van der Waals surface area contributed by atoms with E-state index in [0.29, 0.717) is 12.0 Å². The van der Waals surface area contributed by atoms with Crippen molar-refractivity contribution in [2.75, 3.05) is 13.7 Å². The highest BCUT2D eigenvalue weighted by Gasteiger charge is 2.30. The molecule has 1 aromatic carbocycles. The predicted molar refractivity (Wildman–Crippen MR) is 57.2 cm³/mol. The molecule has 0 spiro atoms. The molecule has 0 aliphatic heterocycles. The van der Waals surface area contributed by atoms with Gasteiger partial charge in [-0.2, -0.15) is 0 Å². The molecular formula is C12H17FO2. The summed E-state index contributed by atoms with van der Waals surface area (Å²) in [5, 5.41) is 10.2. The number of hydrogen-bond donors (Lipinski definition) is 1. The van der Waals surface area contributed by atoms with Crippen LogP contribution in [-0.4, -0.2) is 18.8 Å². The average molecular weight is 212 g/mol. The van der Waals surface area contributed by atoms with Gasteiger partial charge in [-0.15, -0.1) is 0 Å². The van der Waals surface area contributed by atoms with Crippen molar-refractivity contribution in [3.8, 4) is 0 Å². The van der Waals surface area contributed by atoms with E-state index >= 15 is 0 Å². The van der Waals surface area contributed by atoms with E-state index in [2.05, 4.69) is 0 Å². The third kappa shape index (κ3) is 2.55. The molecule has 0 saturated carbocycles. The molecule has 0 heterocycles. The van der Waals surface area contributed by atoms with Crippen molar-refractivity contribution >= 4 is 0 Å². The van der Waals surface area contributed by atoms with Gasteiger partial charge in [0, 0.05) is 12.7 Å². The van der Waals surface area contributed by atoms with Gasteiger partial charge in [0.15, 0.2) is 0 Å². The zero-order valence-corrected chi connectivity index (χ0v) is 9.38. The summed E-state index contributed by atoms with van der Waals surface area (Å²) >= 11 is 0. The van der Waals surface area contributed by atoms with E-state index in [4.69, 9.17) is 4.74 Å². The van der Waals surface area contributed by atoms with Crippen molar-refractivity contribution in [1.82, 2.24) is 0 Å². The molecule has 1 N–H and O–H groups in total. The van der Waals surface area contributed by atoms with Crippen LogP contribution in [0.5, 0.6) is 0 Å². The molecular weight excluding hydrogens is 195 g/mol. The largest absolute Gasteiger partial charge is 0.383 e. The van der Waals surface area contributed by atoms with Gasteiger partial charge in [-0.1, -0.05) is 24.6 Å². The summed E-state index contributed by atoms with van der Waals surface area (Å²) in [7, 11) is 1.49. The van der Waals surface area contributed by atoms with Crippen molar-refractivity contribution in [1.29, 1.82) is 0 Å². The normalized spacial score (nSPS) is 15.0. The maximum atomic E-state index is 13.6. The van der Waals surface area contributed by atoms with Gasteiger partial charge in [-0.3, -0.25) is 0 Å². The highest BCUT2D eigenvalue weighted by molar-refractivity contribution is 5.29. The van der Waals surface area contributed by atoms with E-state index < -0.39 is 5.60 Å². The zero-order valence-electron chi connectivity index (χ0n) is 9.38. The molecule has 2 nitrogen and oxygen atoms in total. The first-order valence-corrected chi connectivity index (χ1v) is 5.01. The van der Waals surface area contributed by atoms with Crippen LogP contribution in [0.2, 0.25) is 0 Å². The summed E-state index contributed by atoms with van der Waals surface area (Å²) in [4.78, 5) is 0. The molecule has 84 valence electrons. The topological polar surface area (TPSA) is 29.5 Å². The molecule has 1 unspecified atom stereocenters. The Morgan fingerprint density at radius 3 is 2.67 bits per heavy atom. The molecule has 0 aliphatic carbocycles. The van der Waals surface area contributed by atoms with E-state index in [1.807, 2.05) is 6.92 Å². The van der Waals surface area contributed by atoms with Gasteiger partial charge in [-0.05, 0) is 19.4 Å². The van der Waals surface area contributed by atoms with Gasteiger partial charge < -0.3 is 9.84 Å². The Labute approximate surface area is 89.7 Å². The van der Waals surface area contributed by atoms with Crippen LogP contribution >= 0.6 is 0 Å². The zero-order chi connectivity index (χ0) is 11.5. The Hall–Kier alpha value is -0.930. The number of hydrogen-bond acceptors (Lipinski definition) is 2. The van der Waals surface area contributed by atoms with Crippen molar-refractivity contribution in [2.45, 2.75) is 25.9 Å². The monoisotopic (exact) mass is 212 g/mol. The first kappa shape index (κ1) is 12.1. The minimum absolute atomic E-state index is 0.101. The number of rotatable bonds is 4. The van der Waals surface area contributed by atoms with Gasteiger partial charge in [0.1, 0.15) is 11.4 Å². The summed E-state index contributed by atoms with van der Waals surface area (Å²) in [5.41, 5.74) is 0.00595. The molecule has 0 radical (unpaired) electrons. The second-order valence-electron chi connectivity index (χ2n) is 3.80. The molecule has 0 bridgehead atoms. The van der Waals surface area contributed by atoms with Crippen LogP contribution in [0.15, 0.2) is 18.2 Å². The van der Waals surface area contributed by atoms with E-state index in [0.717, 1.165) is 5.56 Å². The van der Waals surface area contributed by atoms with E-state index in [9.17, 15) is 9.50 Å². The lowest BCUT2D eigenvalue weighted by Gasteiger charge is -2.27. The summed E-state index contributed by atoms with van der Waals surface area (Å²) in [6.07, 6.45) is 0.418. The highest BCUT2D eigenvalue weighted by Crippen LogP contribution is 2.28. The molecule has 1 atom stereocenters. The smallest absolute Gasteiger partial charge is 0.129 e. The third-order valence-electron chi connectivity index (χ3n) is 2.59. The summed E-state index contributed by atoms with van der Waals surface area (Å²) in [6, 6.07) is 4.72. The third-order valence-corrected chi connectivity index (χ3v) is 2.59. The van der Waals surface area contributed by atoms with Crippen molar-refractivity contribution < 1.29 is 14.2 Å². The van der Waals surface area contributed by atoms with Crippen LogP contribution in [0.1, 0.15) is 24.5 Å². The standard InChI is InChI=1S/C12H17FO2/c1-4-12(14,8-15-3)10-7-9(2)5-6-11(10)13/h5-7,14H,4,8H2,1-3H3. The average Bonchev–Trinajstić information content (AvgIpc) is 2.22. The van der Waals surface area contributed by atoms with Gasteiger partial charge in [-0.25, -0.2) is 4.39 Å². The maximum absolute atomic E-state index is 13.6. The van der Waals surface area contributed by atoms with E-state index in [1.54, 1.807) is 19.1 Å². The van der Waals surface area contributed by atoms with Crippen LogP contribution in [0.4, 0.5) is 4.39 Å². The van der Waals surface area contributed by atoms with E-state index in [1.165, 1.54) is 13.2 Å². The van der Waals surface area contributed by atoms with Crippen LogP contribution in [0, 0.1) is 12.7 Å². The number of aliphatic hydroxyl groups is 1. The lowest BCUT2D eigenvalue weighted by atomic mass is 9.90. The first-order chi connectivity index (χ1) is 7.03. The Morgan fingerprint density at radius 1 is 1.47 bits per heavy atom. The van der Waals surface area contributed by atoms with Crippen molar-refractivity contribution in [3.05, 3.63) is 35.1 Å². The molecule has 0 fully saturated rings. The number of methoxy groups -OCH3 is 1. The molecule has 0 aromatic heterocycles. The minimum Gasteiger partial charge on any atom is -0.383 e. The summed E-state index contributed by atoms with van der Waals surface area (Å²) in [6.45, 7) is 3.77. The lowest BCUT2D eigenvalue weighted by Crippen LogP contribution is -2.31. The fraction of sp³-hybridized carbons (Fsp3) is 0.500. The molecule has 0 aliphatic rings.